The lowest BCUT2D eigenvalue weighted by Gasteiger charge is -2.22. The van der Waals surface area contributed by atoms with Crippen molar-refractivity contribution < 1.29 is 9.59 Å². The molecule has 2 aliphatic heterocycles. The second-order valence-corrected chi connectivity index (χ2v) is 6.36. The van der Waals surface area contributed by atoms with Crippen molar-refractivity contribution in [2.24, 2.45) is 0 Å². The molecule has 22 heavy (non-hydrogen) atoms. The summed E-state index contributed by atoms with van der Waals surface area (Å²) >= 11 is 1.31. The second-order valence-electron chi connectivity index (χ2n) is 5.34. The molecule has 2 aromatic carbocycles. The molecular weight excluding hydrogens is 296 g/mol. The van der Waals surface area contributed by atoms with Crippen LogP contribution in [0.5, 0.6) is 0 Å². The molecule has 0 saturated carbocycles. The zero-order valence-electron chi connectivity index (χ0n) is 11.8. The quantitative estimate of drug-likeness (QED) is 0.800. The predicted molar refractivity (Wildman–Crippen MR) is 88.3 cm³/mol. The number of anilines is 2. The molecule has 2 unspecified atom stereocenters. The van der Waals surface area contributed by atoms with Gasteiger partial charge in [0, 0.05) is 17.1 Å². The van der Waals surface area contributed by atoms with Gasteiger partial charge in [-0.2, -0.15) is 0 Å². The van der Waals surface area contributed by atoms with Crippen LogP contribution in [0.1, 0.15) is 0 Å². The van der Waals surface area contributed by atoms with Crippen LogP contribution in [0, 0.1) is 0 Å². The molecule has 0 spiro atoms. The highest BCUT2D eigenvalue weighted by Crippen LogP contribution is 2.40. The predicted octanol–water partition coefficient (Wildman–Crippen LogP) is 3.14. The van der Waals surface area contributed by atoms with Crippen LogP contribution in [0.2, 0.25) is 0 Å². The van der Waals surface area contributed by atoms with Crippen LogP contribution in [0.25, 0.3) is 0 Å². The Morgan fingerprint density at radius 1 is 0.818 bits per heavy atom. The zero-order valence-corrected chi connectivity index (χ0v) is 12.6. The monoisotopic (exact) mass is 310 g/mol. The topological polar surface area (TPSA) is 40.6 Å². The van der Waals surface area contributed by atoms with Crippen molar-refractivity contribution in [2.45, 2.75) is 12.1 Å². The van der Waals surface area contributed by atoms with Crippen LogP contribution in [-0.4, -0.2) is 29.0 Å². The van der Waals surface area contributed by atoms with Gasteiger partial charge in [0.1, 0.15) is 6.04 Å². The van der Waals surface area contributed by atoms with Gasteiger partial charge >= 0.3 is 6.03 Å². The third-order valence-corrected chi connectivity index (χ3v) is 5.13. The molecular formula is C17H14N2O2S. The minimum Gasteiger partial charge on any atom is -0.288 e. The first kappa shape index (κ1) is 13.4. The standard InChI is InChI=1S/C17H14N2O2S/c20-16-15-14(11-22-16)18(12-7-3-1-4-8-12)17(21)19(15)13-9-5-2-6-10-13/h1-10,14-15H,11H2. The molecule has 2 heterocycles. The van der Waals surface area contributed by atoms with Crippen LogP contribution < -0.4 is 9.80 Å². The first-order valence-corrected chi connectivity index (χ1v) is 8.15. The molecule has 0 radical (unpaired) electrons. The van der Waals surface area contributed by atoms with E-state index >= 15 is 0 Å². The Labute approximate surface area is 132 Å². The average molecular weight is 310 g/mol. The maximum Gasteiger partial charge on any atom is 0.330 e. The largest absolute Gasteiger partial charge is 0.330 e. The molecule has 2 saturated heterocycles. The Bertz CT molecular complexity index is 720. The summed E-state index contributed by atoms with van der Waals surface area (Å²) in [5.74, 6) is 0.646. The maximum atomic E-state index is 13.0. The molecule has 0 bridgehead atoms. The van der Waals surface area contributed by atoms with Gasteiger partial charge in [0.25, 0.3) is 0 Å². The number of nitrogens with zero attached hydrogens (tertiary/aromatic N) is 2. The van der Waals surface area contributed by atoms with E-state index in [4.69, 9.17) is 0 Å². The fourth-order valence-corrected chi connectivity index (χ4v) is 4.22. The number of para-hydroxylation sites is 2. The van der Waals surface area contributed by atoms with E-state index in [9.17, 15) is 9.59 Å². The van der Waals surface area contributed by atoms with Crippen LogP contribution >= 0.6 is 11.8 Å². The van der Waals surface area contributed by atoms with Gasteiger partial charge in [-0.1, -0.05) is 48.2 Å². The number of urea groups is 1. The SMILES string of the molecule is O=C1SCC2C1N(c1ccccc1)C(=O)N2c1ccccc1. The van der Waals surface area contributed by atoms with Crippen molar-refractivity contribution in [3.8, 4) is 0 Å². The molecule has 2 amide bonds. The number of amides is 2. The number of carbonyl (C=O) groups excluding carboxylic acids is 2. The van der Waals surface area contributed by atoms with E-state index in [1.54, 1.807) is 9.80 Å². The first-order valence-electron chi connectivity index (χ1n) is 7.16. The number of hydrogen-bond donors (Lipinski definition) is 0. The van der Waals surface area contributed by atoms with Gasteiger partial charge in [0.2, 0.25) is 5.12 Å². The summed E-state index contributed by atoms with van der Waals surface area (Å²) in [4.78, 5) is 28.7. The molecule has 2 aliphatic rings. The molecule has 110 valence electrons. The summed E-state index contributed by atoms with van der Waals surface area (Å²) in [5, 5.41) is 0.0700. The minimum absolute atomic E-state index is 0.0700. The third kappa shape index (κ3) is 1.93. The average Bonchev–Trinajstić information content (AvgIpc) is 3.06. The van der Waals surface area contributed by atoms with Crippen molar-refractivity contribution in [3.63, 3.8) is 0 Å². The molecule has 2 aromatic rings. The van der Waals surface area contributed by atoms with Crippen molar-refractivity contribution in [2.75, 3.05) is 15.6 Å². The minimum atomic E-state index is -0.403. The summed E-state index contributed by atoms with van der Waals surface area (Å²) in [6.45, 7) is 0. The van der Waals surface area contributed by atoms with E-state index in [2.05, 4.69) is 0 Å². The molecule has 2 fully saturated rings. The number of carbonyl (C=O) groups is 2. The van der Waals surface area contributed by atoms with Gasteiger partial charge in [-0.3, -0.25) is 14.6 Å². The lowest BCUT2D eigenvalue weighted by molar-refractivity contribution is -0.111. The molecule has 0 N–H and O–H groups in total. The normalized spacial score (nSPS) is 24.0. The van der Waals surface area contributed by atoms with Crippen LogP contribution in [0.4, 0.5) is 16.2 Å². The van der Waals surface area contributed by atoms with Gasteiger partial charge < -0.3 is 0 Å². The number of rotatable bonds is 2. The summed E-state index contributed by atoms with van der Waals surface area (Å²) in [6, 6.07) is 18.4. The molecule has 0 aromatic heterocycles. The Morgan fingerprint density at radius 2 is 1.36 bits per heavy atom. The second kappa shape index (κ2) is 5.18. The molecule has 4 rings (SSSR count). The van der Waals surface area contributed by atoms with Crippen molar-refractivity contribution in [1.29, 1.82) is 0 Å². The van der Waals surface area contributed by atoms with Crippen molar-refractivity contribution in [3.05, 3.63) is 60.7 Å². The highest BCUT2D eigenvalue weighted by molar-refractivity contribution is 8.14. The zero-order chi connectivity index (χ0) is 15.1. The number of benzene rings is 2. The smallest absolute Gasteiger partial charge is 0.288 e. The molecule has 5 heteroatoms. The number of fused-ring (bicyclic) bond motifs is 1. The van der Waals surface area contributed by atoms with Crippen molar-refractivity contribution >= 4 is 34.3 Å². The Kier molecular flexibility index (Phi) is 3.15. The lowest BCUT2D eigenvalue weighted by Crippen LogP contribution is -2.38. The van der Waals surface area contributed by atoms with Gasteiger partial charge in [-0.25, -0.2) is 4.79 Å². The van der Waals surface area contributed by atoms with E-state index < -0.39 is 6.04 Å². The van der Waals surface area contributed by atoms with Crippen LogP contribution in [-0.2, 0) is 4.79 Å². The fourth-order valence-electron chi connectivity index (χ4n) is 3.12. The van der Waals surface area contributed by atoms with E-state index in [1.165, 1.54) is 11.8 Å². The molecule has 0 aliphatic carbocycles. The number of thioether (sulfide) groups is 1. The molecule has 4 nitrogen and oxygen atoms in total. The van der Waals surface area contributed by atoms with Gasteiger partial charge in [-0.15, -0.1) is 0 Å². The Balaban J connectivity index is 1.80. The van der Waals surface area contributed by atoms with Crippen LogP contribution in [0.15, 0.2) is 60.7 Å². The highest BCUT2D eigenvalue weighted by atomic mass is 32.2. The first-order chi connectivity index (χ1) is 10.8. The lowest BCUT2D eigenvalue weighted by atomic mass is 10.1. The van der Waals surface area contributed by atoms with E-state index in [0.717, 1.165) is 11.4 Å². The van der Waals surface area contributed by atoms with E-state index in [-0.39, 0.29) is 17.2 Å². The Hall–Kier alpha value is -2.27. The summed E-state index contributed by atoms with van der Waals surface area (Å²) in [7, 11) is 0. The molecule has 2 atom stereocenters. The summed E-state index contributed by atoms with van der Waals surface area (Å²) in [6.07, 6.45) is 0. The third-order valence-electron chi connectivity index (χ3n) is 4.09. The fraction of sp³-hybridized carbons (Fsp3) is 0.176. The van der Waals surface area contributed by atoms with Crippen LogP contribution in [0.3, 0.4) is 0 Å². The summed E-state index contributed by atoms with van der Waals surface area (Å²) in [5.41, 5.74) is 1.62. The van der Waals surface area contributed by atoms with Gasteiger partial charge in [-0.05, 0) is 24.3 Å². The van der Waals surface area contributed by atoms with Crippen molar-refractivity contribution in [1.82, 2.24) is 0 Å². The highest BCUT2D eigenvalue weighted by Gasteiger charge is 2.54. The van der Waals surface area contributed by atoms with Gasteiger partial charge in [0.05, 0.1) is 6.04 Å². The van der Waals surface area contributed by atoms with E-state index in [1.807, 2.05) is 60.7 Å². The Morgan fingerprint density at radius 3 is 1.95 bits per heavy atom. The van der Waals surface area contributed by atoms with E-state index in [0.29, 0.717) is 5.75 Å². The number of hydrogen-bond acceptors (Lipinski definition) is 3. The van der Waals surface area contributed by atoms with Gasteiger partial charge in [0.15, 0.2) is 0 Å². The summed E-state index contributed by atoms with van der Waals surface area (Å²) < 4.78 is 0. The maximum absolute atomic E-state index is 13.0.